The lowest BCUT2D eigenvalue weighted by atomic mass is 9.86. The standard InChI is InChI=1S/C28H39N7O3.CH4/c1-6-22-20(15-30-26(37)19-9-8-17(14-23(19)36)28(3,4)5)24(21-16-31-35(7-2)25(21)33-22)32-18-10-12-34(13-11-18)27(29)38;/h8-9,14,16,18,36H,6-7,10-13,15H2,1-5H3,(H2,29,38)(H,30,37)(H,32,33);1H4. The number of nitrogens with zero attached hydrogens (tertiary/aromatic N) is 4. The van der Waals surface area contributed by atoms with E-state index in [1.165, 1.54) is 0 Å². The average Bonchev–Trinajstić information content (AvgIpc) is 3.30. The van der Waals surface area contributed by atoms with Gasteiger partial charge in [0.15, 0.2) is 5.65 Å². The highest BCUT2D eigenvalue weighted by Gasteiger charge is 2.25. The first-order chi connectivity index (χ1) is 18.0. The first-order valence-electron chi connectivity index (χ1n) is 13.3. The number of rotatable bonds is 7. The highest BCUT2D eigenvalue weighted by Crippen LogP contribution is 2.32. The van der Waals surface area contributed by atoms with E-state index in [2.05, 4.69) is 36.5 Å². The van der Waals surface area contributed by atoms with Crippen LogP contribution in [-0.2, 0) is 24.9 Å². The fraction of sp³-hybridized carbons (Fsp3) is 0.517. The molecule has 0 unspecified atom stereocenters. The van der Waals surface area contributed by atoms with Crippen LogP contribution in [-0.4, -0.2) is 55.8 Å². The third-order valence-corrected chi connectivity index (χ3v) is 7.30. The largest absolute Gasteiger partial charge is 0.507 e. The Morgan fingerprint density at radius 3 is 2.44 bits per heavy atom. The summed E-state index contributed by atoms with van der Waals surface area (Å²) in [5.74, 6) is -0.391. The molecule has 212 valence electrons. The molecule has 0 bridgehead atoms. The number of primary amides is 1. The number of aryl methyl sites for hydroxylation is 2. The van der Waals surface area contributed by atoms with Gasteiger partial charge in [-0.1, -0.05) is 41.2 Å². The van der Waals surface area contributed by atoms with Crippen molar-refractivity contribution in [2.45, 2.75) is 85.9 Å². The van der Waals surface area contributed by atoms with Gasteiger partial charge in [0.1, 0.15) is 5.75 Å². The normalized spacial score (nSPS) is 14.2. The van der Waals surface area contributed by atoms with Crippen molar-refractivity contribution < 1.29 is 14.7 Å². The van der Waals surface area contributed by atoms with Crippen molar-refractivity contribution in [3.05, 3.63) is 46.8 Å². The minimum absolute atomic E-state index is 0. The summed E-state index contributed by atoms with van der Waals surface area (Å²) in [7, 11) is 0. The predicted molar refractivity (Wildman–Crippen MR) is 155 cm³/mol. The molecule has 1 aromatic carbocycles. The fourth-order valence-electron chi connectivity index (χ4n) is 4.96. The lowest BCUT2D eigenvalue weighted by molar-refractivity contribution is 0.0948. The molecule has 0 aliphatic carbocycles. The van der Waals surface area contributed by atoms with E-state index in [-0.39, 0.29) is 42.6 Å². The van der Waals surface area contributed by atoms with E-state index >= 15 is 0 Å². The van der Waals surface area contributed by atoms with Crippen molar-refractivity contribution in [2.24, 2.45) is 5.73 Å². The van der Waals surface area contributed by atoms with E-state index in [0.717, 1.165) is 46.4 Å². The number of nitrogens with two attached hydrogens (primary N) is 1. The van der Waals surface area contributed by atoms with Crippen molar-refractivity contribution in [2.75, 3.05) is 18.4 Å². The van der Waals surface area contributed by atoms with Gasteiger partial charge in [0.05, 0.1) is 22.8 Å². The molecule has 0 atom stereocenters. The van der Waals surface area contributed by atoms with E-state index in [0.29, 0.717) is 26.1 Å². The minimum atomic E-state index is -0.394. The molecule has 3 heterocycles. The van der Waals surface area contributed by atoms with Crippen LogP contribution in [0.25, 0.3) is 11.0 Å². The zero-order valence-corrected chi connectivity index (χ0v) is 23.0. The number of likely N-dealkylation sites (tertiary alicyclic amines) is 1. The number of hydrogen-bond donors (Lipinski definition) is 4. The summed E-state index contributed by atoms with van der Waals surface area (Å²) in [6.45, 7) is 12.4. The summed E-state index contributed by atoms with van der Waals surface area (Å²) < 4.78 is 1.87. The minimum Gasteiger partial charge on any atom is -0.507 e. The van der Waals surface area contributed by atoms with Crippen LogP contribution in [0.15, 0.2) is 24.4 Å². The van der Waals surface area contributed by atoms with Crippen LogP contribution in [0, 0.1) is 0 Å². The number of piperidine rings is 1. The number of fused-ring (bicyclic) bond motifs is 1. The molecule has 0 spiro atoms. The lowest BCUT2D eigenvalue weighted by Gasteiger charge is -2.32. The van der Waals surface area contributed by atoms with Gasteiger partial charge in [0.25, 0.3) is 5.91 Å². The molecule has 2 aromatic heterocycles. The molecule has 0 radical (unpaired) electrons. The van der Waals surface area contributed by atoms with E-state index < -0.39 is 6.03 Å². The highest BCUT2D eigenvalue weighted by molar-refractivity contribution is 5.97. The molecule has 3 amide bonds. The van der Waals surface area contributed by atoms with Crippen LogP contribution >= 0.6 is 0 Å². The molecule has 5 N–H and O–H groups in total. The third-order valence-electron chi connectivity index (χ3n) is 7.30. The second kappa shape index (κ2) is 11.9. The van der Waals surface area contributed by atoms with Crippen LogP contribution in [0.1, 0.15) is 82.1 Å². The summed E-state index contributed by atoms with van der Waals surface area (Å²) in [6.07, 6.45) is 4.01. The van der Waals surface area contributed by atoms with Gasteiger partial charge in [-0.25, -0.2) is 14.5 Å². The topological polar surface area (TPSA) is 138 Å². The first-order valence-corrected chi connectivity index (χ1v) is 13.3. The molecular weight excluding hydrogens is 494 g/mol. The maximum Gasteiger partial charge on any atom is 0.314 e. The Labute approximate surface area is 231 Å². The molecule has 10 nitrogen and oxygen atoms in total. The number of aromatic hydroxyl groups is 1. The van der Waals surface area contributed by atoms with E-state index in [4.69, 9.17) is 10.7 Å². The predicted octanol–water partition coefficient (Wildman–Crippen LogP) is 4.54. The number of aromatic nitrogens is 3. The number of benzene rings is 1. The molecule has 1 aliphatic rings. The van der Waals surface area contributed by atoms with Gasteiger partial charge in [-0.05, 0) is 49.3 Å². The number of nitrogens with one attached hydrogen (secondary N) is 2. The Balaban J connectivity index is 0.00000420. The number of anilines is 1. The number of carbonyl (C=O) groups excluding carboxylic acids is 2. The van der Waals surface area contributed by atoms with Crippen molar-refractivity contribution in [3.8, 4) is 5.75 Å². The van der Waals surface area contributed by atoms with Gasteiger partial charge in [-0.15, -0.1) is 0 Å². The quantitative estimate of drug-likeness (QED) is 0.349. The summed E-state index contributed by atoms with van der Waals surface area (Å²) in [5.41, 5.74) is 9.98. The fourth-order valence-corrected chi connectivity index (χ4v) is 4.96. The molecule has 4 rings (SSSR count). The number of phenols is 1. The Bertz CT molecular complexity index is 1330. The molecule has 1 saturated heterocycles. The van der Waals surface area contributed by atoms with Crippen LogP contribution < -0.4 is 16.4 Å². The van der Waals surface area contributed by atoms with Crippen LogP contribution in [0.5, 0.6) is 5.75 Å². The maximum atomic E-state index is 13.1. The lowest BCUT2D eigenvalue weighted by Crippen LogP contribution is -2.44. The van der Waals surface area contributed by atoms with E-state index in [9.17, 15) is 14.7 Å². The van der Waals surface area contributed by atoms with Crippen molar-refractivity contribution >= 4 is 28.7 Å². The van der Waals surface area contributed by atoms with Crippen LogP contribution in [0.3, 0.4) is 0 Å². The Morgan fingerprint density at radius 1 is 1.18 bits per heavy atom. The number of amides is 3. The van der Waals surface area contributed by atoms with Gasteiger partial charge in [-0.2, -0.15) is 5.10 Å². The first kappa shape index (κ1) is 29.7. The summed E-state index contributed by atoms with van der Waals surface area (Å²) in [6, 6.07) is 4.95. The Hall–Kier alpha value is -3.82. The molecular formula is C29H43N7O3. The summed E-state index contributed by atoms with van der Waals surface area (Å²) >= 11 is 0. The second-order valence-corrected chi connectivity index (χ2v) is 10.9. The van der Waals surface area contributed by atoms with Gasteiger partial charge < -0.3 is 26.4 Å². The van der Waals surface area contributed by atoms with Crippen LogP contribution in [0.4, 0.5) is 10.5 Å². The van der Waals surface area contributed by atoms with Crippen molar-refractivity contribution in [1.29, 1.82) is 0 Å². The van der Waals surface area contributed by atoms with Crippen molar-refractivity contribution in [3.63, 3.8) is 0 Å². The molecule has 39 heavy (non-hydrogen) atoms. The molecule has 1 fully saturated rings. The number of pyridine rings is 1. The zero-order valence-electron chi connectivity index (χ0n) is 23.0. The van der Waals surface area contributed by atoms with E-state index in [1.807, 2.05) is 30.8 Å². The highest BCUT2D eigenvalue weighted by atomic mass is 16.3. The van der Waals surface area contributed by atoms with Crippen molar-refractivity contribution in [1.82, 2.24) is 25.0 Å². The van der Waals surface area contributed by atoms with E-state index in [1.54, 1.807) is 17.0 Å². The number of hydrogen-bond acceptors (Lipinski definition) is 6. The Kier molecular flexibility index (Phi) is 9.09. The number of urea groups is 1. The maximum absolute atomic E-state index is 13.1. The second-order valence-electron chi connectivity index (χ2n) is 10.9. The monoisotopic (exact) mass is 537 g/mol. The number of carbonyl (C=O) groups is 2. The Morgan fingerprint density at radius 2 is 1.87 bits per heavy atom. The van der Waals surface area contributed by atoms with Gasteiger partial charge in [0.2, 0.25) is 0 Å². The summed E-state index contributed by atoms with van der Waals surface area (Å²) in [4.78, 5) is 31.3. The average molecular weight is 538 g/mol. The van der Waals surface area contributed by atoms with Gasteiger partial charge >= 0.3 is 6.03 Å². The zero-order chi connectivity index (χ0) is 27.6. The smallest absolute Gasteiger partial charge is 0.314 e. The molecule has 3 aromatic rings. The van der Waals surface area contributed by atoms with Gasteiger partial charge in [-0.3, -0.25) is 4.79 Å². The third kappa shape index (κ3) is 6.26. The summed E-state index contributed by atoms with van der Waals surface area (Å²) in [5, 5.41) is 22.7. The molecule has 0 saturated carbocycles. The van der Waals surface area contributed by atoms with Crippen LogP contribution in [0.2, 0.25) is 0 Å². The molecule has 10 heteroatoms. The number of phenolic OH excluding ortho intramolecular Hbond substituents is 1. The molecule has 1 aliphatic heterocycles. The van der Waals surface area contributed by atoms with Gasteiger partial charge in [0, 0.05) is 43.5 Å². The SMILES string of the molecule is C.CCc1nc2c(cnn2CC)c(NC2CCN(C(N)=O)CC2)c1CNC(=O)c1ccc(C(C)(C)C)cc1O.